The number of carbonyl (C=O) groups is 1. The molecule has 0 radical (unpaired) electrons. The summed E-state index contributed by atoms with van der Waals surface area (Å²) in [6, 6.07) is 6.34. The van der Waals surface area contributed by atoms with Gasteiger partial charge in [-0.2, -0.15) is 5.26 Å². The summed E-state index contributed by atoms with van der Waals surface area (Å²) < 4.78 is 0. The van der Waals surface area contributed by atoms with Crippen LogP contribution in [-0.4, -0.2) is 11.9 Å². The molecule has 1 aromatic carbocycles. The zero-order chi connectivity index (χ0) is 12.4. The van der Waals surface area contributed by atoms with Crippen molar-refractivity contribution in [1.82, 2.24) is 5.32 Å². The molecule has 0 aromatic heterocycles. The Morgan fingerprint density at radius 3 is 2.76 bits per heavy atom. The smallest absolute Gasteiger partial charge is 0.253 e. The summed E-state index contributed by atoms with van der Waals surface area (Å²) >= 11 is 11.7. The van der Waals surface area contributed by atoms with E-state index in [4.69, 9.17) is 28.5 Å². The second-order valence-electron chi connectivity index (χ2n) is 4.04. The van der Waals surface area contributed by atoms with Crippen molar-refractivity contribution in [2.24, 2.45) is 5.92 Å². The predicted molar refractivity (Wildman–Crippen MR) is 66.1 cm³/mol. The molecule has 1 amide bonds. The number of amides is 1. The number of hydrogen-bond acceptors (Lipinski definition) is 2. The minimum atomic E-state index is -0.433. The lowest BCUT2D eigenvalue weighted by Gasteiger charge is -2.11. The van der Waals surface area contributed by atoms with Gasteiger partial charge in [-0.05, 0) is 37.0 Å². The maximum absolute atomic E-state index is 11.9. The Kier molecular flexibility index (Phi) is 3.56. The van der Waals surface area contributed by atoms with Crippen molar-refractivity contribution >= 4 is 29.1 Å². The Morgan fingerprint density at radius 2 is 2.18 bits per heavy atom. The summed E-state index contributed by atoms with van der Waals surface area (Å²) in [7, 11) is 0. The molecule has 17 heavy (non-hydrogen) atoms. The topological polar surface area (TPSA) is 52.9 Å². The van der Waals surface area contributed by atoms with Gasteiger partial charge in [-0.3, -0.25) is 4.79 Å². The molecule has 0 spiro atoms. The van der Waals surface area contributed by atoms with Crippen molar-refractivity contribution < 1.29 is 4.79 Å². The fourth-order valence-electron chi connectivity index (χ4n) is 1.58. The van der Waals surface area contributed by atoms with E-state index in [2.05, 4.69) is 11.4 Å². The number of rotatable bonds is 3. The molecule has 1 fully saturated rings. The lowest BCUT2D eigenvalue weighted by molar-refractivity contribution is 0.0942. The molecule has 1 aromatic rings. The first-order valence-electron chi connectivity index (χ1n) is 5.27. The molecule has 1 unspecified atom stereocenters. The van der Waals surface area contributed by atoms with Gasteiger partial charge in [0.25, 0.3) is 5.91 Å². The number of nitriles is 1. The van der Waals surface area contributed by atoms with Crippen LogP contribution in [0.15, 0.2) is 18.2 Å². The Balaban J connectivity index is 2.13. The molecule has 1 aliphatic carbocycles. The minimum absolute atomic E-state index is 0.280. The monoisotopic (exact) mass is 268 g/mol. The Hall–Kier alpha value is -1.24. The zero-order valence-corrected chi connectivity index (χ0v) is 10.4. The van der Waals surface area contributed by atoms with Crippen LogP contribution >= 0.6 is 23.2 Å². The first kappa shape index (κ1) is 12.2. The average molecular weight is 269 g/mol. The van der Waals surface area contributed by atoms with Crippen LogP contribution in [0.5, 0.6) is 0 Å². The standard InChI is InChI=1S/C12H10Cl2N2O/c13-8-3-4-10(14)9(5-8)12(17)16-11(6-15)7-1-2-7/h3-5,7,11H,1-2H2,(H,16,17). The number of carbonyl (C=O) groups excluding carboxylic acids is 1. The molecule has 1 N–H and O–H groups in total. The number of benzene rings is 1. The third-order valence-corrected chi connectivity index (χ3v) is 3.26. The number of nitrogens with zero attached hydrogens (tertiary/aromatic N) is 1. The second-order valence-corrected chi connectivity index (χ2v) is 4.89. The lowest BCUT2D eigenvalue weighted by Crippen LogP contribution is -2.35. The molecule has 0 bridgehead atoms. The number of hydrogen-bond donors (Lipinski definition) is 1. The van der Waals surface area contributed by atoms with Crippen LogP contribution in [0.2, 0.25) is 10.0 Å². The van der Waals surface area contributed by atoms with Crippen molar-refractivity contribution in [3.8, 4) is 6.07 Å². The van der Waals surface area contributed by atoms with Crippen LogP contribution in [0, 0.1) is 17.2 Å². The number of nitrogens with one attached hydrogen (secondary N) is 1. The van der Waals surface area contributed by atoms with Crippen LogP contribution in [0.3, 0.4) is 0 Å². The van der Waals surface area contributed by atoms with Crippen molar-refractivity contribution in [2.75, 3.05) is 0 Å². The molecule has 1 saturated carbocycles. The first-order valence-corrected chi connectivity index (χ1v) is 6.03. The van der Waals surface area contributed by atoms with Gasteiger partial charge in [0, 0.05) is 5.02 Å². The number of halogens is 2. The van der Waals surface area contributed by atoms with E-state index in [1.54, 1.807) is 12.1 Å². The van der Waals surface area contributed by atoms with Gasteiger partial charge in [-0.25, -0.2) is 0 Å². The third kappa shape index (κ3) is 2.91. The summed E-state index contributed by atoms with van der Waals surface area (Å²) in [5.74, 6) is -0.0714. The van der Waals surface area contributed by atoms with Gasteiger partial charge in [-0.1, -0.05) is 23.2 Å². The van der Waals surface area contributed by atoms with Crippen LogP contribution in [0.25, 0.3) is 0 Å². The van der Waals surface area contributed by atoms with Crippen LogP contribution in [-0.2, 0) is 0 Å². The van der Waals surface area contributed by atoms with Gasteiger partial charge in [0.15, 0.2) is 0 Å². The van der Waals surface area contributed by atoms with Crippen LogP contribution in [0.1, 0.15) is 23.2 Å². The van der Waals surface area contributed by atoms with Gasteiger partial charge in [0.05, 0.1) is 16.7 Å². The third-order valence-electron chi connectivity index (χ3n) is 2.69. The molecule has 0 saturated heterocycles. The molecule has 2 rings (SSSR count). The van der Waals surface area contributed by atoms with Gasteiger partial charge in [0.1, 0.15) is 6.04 Å². The maximum atomic E-state index is 11.9. The first-order chi connectivity index (χ1) is 8.11. The summed E-state index contributed by atoms with van der Waals surface area (Å²) in [5.41, 5.74) is 0.306. The fourth-order valence-corrected chi connectivity index (χ4v) is 1.95. The molecule has 1 aliphatic rings. The Bertz CT molecular complexity index is 492. The van der Waals surface area contributed by atoms with Crippen molar-refractivity contribution in [3.05, 3.63) is 33.8 Å². The fraction of sp³-hybridized carbons (Fsp3) is 0.333. The summed E-state index contributed by atoms with van der Waals surface area (Å²) in [6.07, 6.45) is 1.98. The molecular weight excluding hydrogens is 259 g/mol. The highest BCUT2D eigenvalue weighted by Crippen LogP contribution is 2.32. The zero-order valence-electron chi connectivity index (χ0n) is 8.91. The molecular formula is C12H10Cl2N2O. The molecule has 88 valence electrons. The molecule has 1 atom stereocenters. The van der Waals surface area contributed by atoms with E-state index in [1.807, 2.05) is 0 Å². The molecule has 5 heteroatoms. The summed E-state index contributed by atoms with van der Waals surface area (Å²) in [6.45, 7) is 0. The van der Waals surface area contributed by atoms with Gasteiger partial charge in [-0.15, -0.1) is 0 Å². The van der Waals surface area contributed by atoms with Crippen molar-refractivity contribution in [1.29, 1.82) is 5.26 Å². The van der Waals surface area contributed by atoms with E-state index in [1.165, 1.54) is 6.07 Å². The van der Waals surface area contributed by atoms with E-state index in [9.17, 15) is 4.79 Å². The second kappa shape index (κ2) is 4.95. The maximum Gasteiger partial charge on any atom is 0.253 e. The summed E-state index contributed by atoms with van der Waals surface area (Å²) in [5, 5.41) is 12.4. The van der Waals surface area contributed by atoms with Crippen molar-refractivity contribution in [3.63, 3.8) is 0 Å². The molecule has 0 heterocycles. The molecule has 3 nitrogen and oxygen atoms in total. The SMILES string of the molecule is N#CC(NC(=O)c1cc(Cl)ccc1Cl)C1CC1. The van der Waals surface area contributed by atoms with E-state index < -0.39 is 6.04 Å². The van der Waals surface area contributed by atoms with Crippen LogP contribution < -0.4 is 5.32 Å². The highest BCUT2D eigenvalue weighted by Gasteiger charge is 2.32. The largest absolute Gasteiger partial charge is 0.336 e. The van der Waals surface area contributed by atoms with Gasteiger partial charge in [0.2, 0.25) is 0 Å². The lowest BCUT2D eigenvalue weighted by atomic mass is 10.1. The highest BCUT2D eigenvalue weighted by atomic mass is 35.5. The highest BCUT2D eigenvalue weighted by molar-refractivity contribution is 6.35. The van der Waals surface area contributed by atoms with E-state index in [0.29, 0.717) is 15.6 Å². The predicted octanol–water partition coefficient (Wildman–Crippen LogP) is 3.03. The van der Waals surface area contributed by atoms with E-state index in [-0.39, 0.29) is 11.8 Å². The molecule has 0 aliphatic heterocycles. The quantitative estimate of drug-likeness (QED) is 0.916. The van der Waals surface area contributed by atoms with Crippen molar-refractivity contribution in [2.45, 2.75) is 18.9 Å². The van der Waals surface area contributed by atoms with E-state index in [0.717, 1.165) is 12.8 Å². The normalized spacial score (nSPS) is 16.1. The Labute approximate surface area is 109 Å². The van der Waals surface area contributed by atoms with Gasteiger partial charge >= 0.3 is 0 Å². The minimum Gasteiger partial charge on any atom is -0.336 e. The van der Waals surface area contributed by atoms with Crippen LogP contribution in [0.4, 0.5) is 0 Å². The van der Waals surface area contributed by atoms with E-state index >= 15 is 0 Å². The Morgan fingerprint density at radius 1 is 1.47 bits per heavy atom. The van der Waals surface area contributed by atoms with Gasteiger partial charge < -0.3 is 5.32 Å². The summed E-state index contributed by atoms with van der Waals surface area (Å²) in [4.78, 5) is 11.9. The average Bonchev–Trinajstić information content (AvgIpc) is 3.13.